The van der Waals surface area contributed by atoms with Gasteiger partial charge in [0.2, 0.25) is 15.9 Å². The smallest absolute Gasteiger partial charge is 0.335 e. The maximum absolute atomic E-state index is 13.6. The molecule has 0 saturated carbocycles. The lowest BCUT2D eigenvalue weighted by atomic mass is 9.97. The molecule has 204 valence electrons. The summed E-state index contributed by atoms with van der Waals surface area (Å²) in [5, 5.41) is 11.9. The van der Waals surface area contributed by atoms with Crippen LogP contribution in [-0.4, -0.2) is 121 Å². The first-order valence-corrected chi connectivity index (χ1v) is 14.5. The molecule has 3 heterocycles. The van der Waals surface area contributed by atoms with Crippen LogP contribution in [0.5, 0.6) is 0 Å². The van der Waals surface area contributed by atoms with Gasteiger partial charge < -0.3 is 26.0 Å². The Morgan fingerprint density at radius 1 is 1.03 bits per heavy atom. The van der Waals surface area contributed by atoms with E-state index in [-0.39, 0.29) is 23.5 Å². The lowest BCUT2D eigenvalue weighted by molar-refractivity contribution is -0.119. The number of aromatic carboxylic acids is 1. The highest BCUT2D eigenvalue weighted by molar-refractivity contribution is 7.88. The highest BCUT2D eigenvalue weighted by Crippen LogP contribution is 2.28. The zero-order valence-electron chi connectivity index (χ0n) is 21.1. The van der Waals surface area contributed by atoms with Crippen molar-refractivity contribution in [3.05, 3.63) is 29.8 Å². The van der Waals surface area contributed by atoms with E-state index < -0.39 is 22.0 Å². The van der Waals surface area contributed by atoms with Crippen LogP contribution in [0, 0.1) is 5.92 Å². The molecule has 3 aliphatic rings. The van der Waals surface area contributed by atoms with E-state index in [1.807, 2.05) is 0 Å². The molecular formula is C24H36N6O6S. The van der Waals surface area contributed by atoms with Crippen molar-refractivity contribution in [1.82, 2.24) is 19.0 Å². The van der Waals surface area contributed by atoms with Gasteiger partial charge in [-0.3, -0.25) is 9.69 Å². The second-order valence-electron chi connectivity index (χ2n) is 10.1. The van der Waals surface area contributed by atoms with Gasteiger partial charge in [-0.2, -0.15) is 4.31 Å². The standard InChI is InChI=1S/C24H36N6O6S/c1-37(35,36)29-12-10-27(11-13-29)20-14-21(22(31)26-19-4-2-18(3-5-19)23(32)33)30(16-20)24(34)28-8-6-17(15-25)7-9-28/h2-5,17,20-21H,6-16,25H2,1H3,(H,26,31)(H,32,33)/t20-,21-/m0/s1. The van der Waals surface area contributed by atoms with Crippen molar-refractivity contribution >= 4 is 33.6 Å². The topological polar surface area (TPSA) is 157 Å². The molecule has 0 aromatic heterocycles. The summed E-state index contributed by atoms with van der Waals surface area (Å²) in [7, 11) is -3.26. The normalized spacial score (nSPS) is 24.3. The van der Waals surface area contributed by atoms with Crippen LogP contribution in [0.4, 0.5) is 10.5 Å². The van der Waals surface area contributed by atoms with Gasteiger partial charge in [-0.15, -0.1) is 0 Å². The monoisotopic (exact) mass is 536 g/mol. The first-order valence-electron chi connectivity index (χ1n) is 12.7. The van der Waals surface area contributed by atoms with E-state index >= 15 is 0 Å². The fourth-order valence-corrected chi connectivity index (χ4v) is 6.23. The Bertz CT molecular complexity index is 1100. The van der Waals surface area contributed by atoms with Gasteiger partial charge in [0.25, 0.3) is 0 Å². The molecule has 0 radical (unpaired) electrons. The number of sulfonamides is 1. The van der Waals surface area contributed by atoms with Gasteiger partial charge in [-0.25, -0.2) is 18.0 Å². The third-order valence-electron chi connectivity index (χ3n) is 7.70. The first-order chi connectivity index (χ1) is 17.6. The molecule has 3 fully saturated rings. The number of carboxylic acid groups (broad SMARTS) is 1. The van der Waals surface area contributed by atoms with Crippen LogP contribution in [0.25, 0.3) is 0 Å². The van der Waals surface area contributed by atoms with Gasteiger partial charge in [0, 0.05) is 57.5 Å². The molecule has 3 saturated heterocycles. The van der Waals surface area contributed by atoms with E-state index in [2.05, 4.69) is 10.2 Å². The average Bonchev–Trinajstić information content (AvgIpc) is 3.34. The molecule has 0 bridgehead atoms. The fourth-order valence-electron chi connectivity index (χ4n) is 5.40. The Morgan fingerprint density at radius 2 is 1.65 bits per heavy atom. The van der Waals surface area contributed by atoms with Crippen LogP contribution < -0.4 is 11.1 Å². The third kappa shape index (κ3) is 6.40. The van der Waals surface area contributed by atoms with Crippen LogP contribution in [0.1, 0.15) is 29.6 Å². The summed E-state index contributed by atoms with van der Waals surface area (Å²) >= 11 is 0. The predicted molar refractivity (Wildman–Crippen MR) is 138 cm³/mol. The highest BCUT2D eigenvalue weighted by Gasteiger charge is 2.44. The van der Waals surface area contributed by atoms with Crippen LogP contribution >= 0.6 is 0 Å². The van der Waals surface area contributed by atoms with Crippen molar-refractivity contribution in [3.8, 4) is 0 Å². The molecule has 2 atom stereocenters. The van der Waals surface area contributed by atoms with Gasteiger partial charge in [0.15, 0.2) is 0 Å². The lowest BCUT2D eigenvalue weighted by Gasteiger charge is -2.37. The number of rotatable bonds is 6. The number of carbonyl (C=O) groups is 3. The van der Waals surface area contributed by atoms with Crippen molar-refractivity contribution in [3.63, 3.8) is 0 Å². The summed E-state index contributed by atoms with van der Waals surface area (Å²) < 4.78 is 25.3. The van der Waals surface area contributed by atoms with E-state index in [4.69, 9.17) is 10.8 Å². The number of nitrogens with two attached hydrogens (primary N) is 1. The zero-order chi connectivity index (χ0) is 26.7. The number of urea groups is 1. The van der Waals surface area contributed by atoms with Crippen LogP contribution in [-0.2, 0) is 14.8 Å². The van der Waals surface area contributed by atoms with Gasteiger partial charge in [0.1, 0.15) is 6.04 Å². The van der Waals surface area contributed by atoms with Crippen molar-refractivity contribution in [2.45, 2.75) is 31.3 Å². The summed E-state index contributed by atoms with van der Waals surface area (Å²) in [6, 6.07) is 4.95. The summed E-state index contributed by atoms with van der Waals surface area (Å²) in [6.45, 7) is 3.99. The highest BCUT2D eigenvalue weighted by atomic mass is 32.2. The van der Waals surface area contributed by atoms with Crippen molar-refractivity contribution < 1.29 is 27.9 Å². The number of benzene rings is 1. The van der Waals surface area contributed by atoms with Crippen LogP contribution in [0.2, 0.25) is 0 Å². The summed E-state index contributed by atoms with van der Waals surface area (Å²) in [6.07, 6.45) is 3.30. The first kappa shape index (κ1) is 27.3. The van der Waals surface area contributed by atoms with Gasteiger partial charge in [-0.05, 0) is 56.0 Å². The molecule has 4 N–H and O–H groups in total. The third-order valence-corrected chi connectivity index (χ3v) is 9.01. The maximum atomic E-state index is 13.6. The van der Waals surface area contributed by atoms with Crippen LogP contribution in [0.3, 0.4) is 0 Å². The van der Waals surface area contributed by atoms with Gasteiger partial charge >= 0.3 is 12.0 Å². The molecule has 3 amide bonds. The van der Waals surface area contributed by atoms with Gasteiger partial charge in [-0.1, -0.05) is 0 Å². The molecule has 1 aromatic carbocycles. The predicted octanol–water partition coefficient (Wildman–Crippen LogP) is 0.134. The van der Waals surface area contributed by atoms with E-state index in [0.29, 0.717) is 70.4 Å². The van der Waals surface area contributed by atoms with E-state index in [1.165, 1.54) is 34.8 Å². The minimum Gasteiger partial charge on any atom is -0.478 e. The Hall–Kier alpha value is -2.74. The van der Waals surface area contributed by atoms with Crippen molar-refractivity contribution in [2.75, 3.05) is 63.9 Å². The number of nitrogens with zero attached hydrogens (tertiary/aromatic N) is 4. The molecular weight excluding hydrogens is 500 g/mol. The largest absolute Gasteiger partial charge is 0.478 e. The molecule has 0 aliphatic carbocycles. The second-order valence-corrected chi connectivity index (χ2v) is 12.1. The second kappa shape index (κ2) is 11.3. The number of hydrogen-bond donors (Lipinski definition) is 3. The van der Waals surface area contributed by atoms with E-state index in [1.54, 1.807) is 9.80 Å². The number of hydrogen-bond acceptors (Lipinski definition) is 7. The lowest BCUT2D eigenvalue weighted by Crippen LogP contribution is -2.53. The minimum absolute atomic E-state index is 0.0719. The Morgan fingerprint density at radius 3 is 2.19 bits per heavy atom. The van der Waals surface area contributed by atoms with Gasteiger partial charge in [0.05, 0.1) is 11.8 Å². The number of carbonyl (C=O) groups excluding carboxylic acids is 2. The molecule has 1 aromatic rings. The molecule has 3 aliphatic heterocycles. The minimum atomic E-state index is -3.26. The number of nitrogens with one attached hydrogen (secondary N) is 1. The molecule has 4 rings (SSSR count). The number of carboxylic acids is 1. The number of anilines is 1. The summed E-state index contributed by atoms with van der Waals surface area (Å²) in [5.41, 5.74) is 6.37. The number of piperidine rings is 1. The molecule has 0 unspecified atom stereocenters. The Kier molecular flexibility index (Phi) is 8.36. The average molecular weight is 537 g/mol. The number of piperazine rings is 1. The molecule has 13 heteroatoms. The zero-order valence-corrected chi connectivity index (χ0v) is 21.9. The van der Waals surface area contributed by atoms with E-state index in [9.17, 15) is 22.8 Å². The van der Waals surface area contributed by atoms with E-state index in [0.717, 1.165) is 12.8 Å². The Balaban J connectivity index is 1.47. The summed E-state index contributed by atoms with van der Waals surface area (Å²) in [5.74, 6) is -0.984. The molecule has 0 spiro atoms. The fraction of sp³-hybridized carbons (Fsp3) is 0.625. The summed E-state index contributed by atoms with van der Waals surface area (Å²) in [4.78, 5) is 43.7. The number of likely N-dealkylation sites (tertiary alicyclic amines) is 2. The number of amides is 3. The van der Waals surface area contributed by atoms with Crippen molar-refractivity contribution in [2.24, 2.45) is 11.7 Å². The quantitative estimate of drug-likeness (QED) is 0.463. The van der Waals surface area contributed by atoms with Crippen LogP contribution in [0.15, 0.2) is 24.3 Å². The molecule has 12 nitrogen and oxygen atoms in total. The Labute approximate surface area is 217 Å². The molecule has 37 heavy (non-hydrogen) atoms. The van der Waals surface area contributed by atoms with Crippen molar-refractivity contribution in [1.29, 1.82) is 0 Å². The maximum Gasteiger partial charge on any atom is 0.335 e. The SMILES string of the molecule is CS(=O)(=O)N1CCN([C@H]2C[C@@H](C(=O)Nc3ccc(C(=O)O)cc3)N(C(=O)N3CCC(CN)CC3)C2)CC1.